The lowest BCUT2D eigenvalue weighted by Crippen LogP contribution is -2.53. The quantitative estimate of drug-likeness (QED) is 0.654. The molecule has 0 aromatic carbocycles. The Balaban J connectivity index is 1.79. The molecule has 2 amide bonds. The van der Waals surface area contributed by atoms with E-state index in [9.17, 15) is 14.7 Å². The van der Waals surface area contributed by atoms with Crippen LogP contribution in [-0.4, -0.2) is 88.8 Å². The first kappa shape index (κ1) is 13.1. The first-order chi connectivity index (χ1) is 8.56. The maximum absolute atomic E-state index is 12.1. The van der Waals surface area contributed by atoms with E-state index in [1.54, 1.807) is 9.80 Å². The first-order valence-electron chi connectivity index (χ1n) is 6.22. The zero-order valence-corrected chi connectivity index (χ0v) is 10.3. The van der Waals surface area contributed by atoms with Crippen molar-refractivity contribution in [3.05, 3.63) is 0 Å². The Morgan fingerprint density at radius 1 is 1.06 bits per heavy atom. The van der Waals surface area contributed by atoms with Gasteiger partial charge in [0.1, 0.15) is 0 Å². The Kier molecular flexibility index (Phi) is 4.03. The number of hydrogen-bond donors (Lipinski definition) is 2. The lowest BCUT2D eigenvalue weighted by Gasteiger charge is -2.35. The Hall–Kier alpha value is -1.34. The number of β-amino-alcohol motifs (C(OH)–C–C–N with tert-alkyl or cyclic N) is 1. The Bertz CT molecular complexity index is 328. The molecule has 2 heterocycles. The molecule has 1 atom stereocenters. The number of amides is 2. The van der Waals surface area contributed by atoms with Gasteiger partial charge in [-0.1, -0.05) is 0 Å². The van der Waals surface area contributed by atoms with Crippen LogP contribution in [0.5, 0.6) is 0 Å². The van der Waals surface area contributed by atoms with E-state index in [-0.39, 0.29) is 12.6 Å². The number of urea groups is 1. The average molecular weight is 257 g/mol. The number of aliphatic hydroxyl groups excluding tert-OH is 1. The number of piperazine rings is 1. The van der Waals surface area contributed by atoms with Crippen LogP contribution in [0.1, 0.15) is 6.42 Å². The molecule has 2 aliphatic heterocycles. The fourth-order valence-corrected chi connectivity index (χ4v) is 2.40. The van der Waals surface area contributed by atoms with Gasteiger partial charge in [-0.3, -0.25) is 9.69 Å². The van der Waals surface area contributed by atoms with Crippen LogP contribution in [0.4, 0.5) is 4.79 Å². The zero-order valence-electron chi connectivity index (χ0n) is 10.3. The summed E-state index contributed by atoms with van der Waals surface area (Å²) in [5, 5.41) is 18.1. The minimum Gasteiger partial charge on any atom is -0.480 e. The first-order valence-corrected chi connectivity index (χ1v) is 6.22. The molecular formula is C11H19N3O4. The summed E-state index contributed by atoms with van der Waals surface area (Å²) in [6.45, 7) is 3.34. The SMILES string of the molecule is O=C(O)CN1CCN(C(=O)N2CCC(O)C2)CC1. The molecule has 102 valence electrons. The molecule has 0 aromatic heterocycles. The number of carboxylic acid groups (broad SMARTS) is 1. The largest absolute Gasteiger partial charge is 0.480 e. The molecule has 0 radical (unpaired) electrons. The van der Waals surface area contributed by atoms with E-state index in [2.05, 4.69) is 0 Å². The smallest absolute Gasteiger partial charge is 0.320 e. The number of nitrogens with zero attached hydrogens (tertiary/aromatic N) is 3. The second-order valence-electron chi connectivity index (χ2n) is 4.83. The molecule has 0 aliphatic carbocycles. The Morgan fingerprint density at radius 2 is 1.72 bits per heavy atom. The maximum atomic E-state index is 12.1. The third kappa shape index (κ3) is 3.11. The lowest BCUT2D eigenvalue weighted by atomic mass is 10.3. The van der Waals surface area contributed by atoms with Gasteiger partial charge in [0, 0.05) is 39.3 Å². The molecule has 18 heavy (non-hydrogen) atoms. The lowest BCUT2D eigenvalue weighted by molar-refractivity contribution is -0.138. The highest BCUT2D eigenvalue weighted by Crippen LogP contribution is 2.13. The highest BCUT2D eigenvalue weighted by atomic mass is 16.4. The summed E-state index contributed by atoms with van der Waals surface area (Å²) >= 11 is 0. The van der Waals surface area contributed by atoms with Crippen molar-refractivity contribution < 1.29 is 19.8 Å². The average Bonchev–Trinajstić information content (AvgIpc) is 2.75. The summed E-state index contributed by atoms with van der Waals surface area (Å²) in [5.41, 5.74) is 0. The Labute approximate surface area is 106 Å². The van der Waals surface area contributed by atoms with Gasteiger partial charge in [0.2, 0.25) is 0 Å². The highest BCUT2D eigenvalue weighted by molar-refractivity contribution is 5.75. The van der Waals surface area contributed by atoms with E-state index in [0.29, 0.717) is 45.7 Å². The van der Waals surface area contributed by atoms with Gasteiger partial charge in [-0.05, 0) is 6.42 Å². The van der Waals surface area contributed by atoms with Gasteiger partial charge >= 0.3 is 12.0 Å². The predicted molar refractivity (Wildman–Crippen MR) is 63.2 cm³/mol. The maximum Gasteiger partial charge on any atom is 0.320 e. The van der Waals surface area contributed by atoms with Gasteiger partial charge in [0.25, 0.3) is 0 Å². The predicted octanol–water partition coefficient (Wildman–Crippen LogP) is -1.12. The number of aliphatic carboxylic acids is 1. The minimum absolute atomic E-state index is 0.0322. The summed E-state index contributed by atoms with van der Waals surface area (Å²) in [6.07, 6.45) is 0.243. The van der Waals surface area contributed by atoms with Crippen LogP contribution >= 0.6 is 0 Å². The molecule has 2 fully saturated rings. The van der Waals surface area contributed by atoms with Crippen molar-refractivity contribution in [3.63, 3.8) is 0 Å². The fourth-order valence-electron chi connectivity index (χ4n) is 2.40. The van der Waals surface area contributed by atoms with E-state index >= 15 is 0 Å². The summed E-state index contributed by atoms with van der Waals surface area (Å²) in [6, 6.07) is -0.0403. The molecule has 2 rings (SSSR count). The molecule has 2 saturated heterocycles. The van der Waals surface area contributed by atoms with Crippen molar-refractivity contribution in [1.82, 2.24) is 14.7 Å². The standard InChI is InChI=1S/C11H19N3O4/c15-9-1-2-14(7-9)11(18)13-5-3-12(4-6-13)8-10(16)17/h9,15H,1-8H2,(H,16,17). The monoisotopic (exact) mass is 257 g/mol. The molecular weight excluding hydrogens is 238 g/mol. The van der Waals surface area contributed by atoms with Crippen LogP contribution < -0.4 is 0 Å². The van der Waals surface area contributed by atoms with Crippen molar-refractivity contribution in [2.24, 2.45) is 0 Å². The van der Waals surface area contributed by atoms with Crippen molar-refractivity contribution in [2.45, 2.75) is 12.5 Å². The number of likely N-dealkylation sites (tertiary alicyclic amines) is 1. The molecule has 7 heteroatoms. The highest BCUT2D eigenvalue weighted by Gasteiger charge is 2.30. The number of carboxylic acids is 1. The summed E-state index contributed by atoms with van der Waals surface area (Å²) in [4.78, 5) is 27.9. The number of carbonyl (C=O) groups excluding carboxylic acids is 1. The molecule has 2 N–H and O–H groups in total. The number of rotatable bonds is 2. The van der Waals surface area contributed by atoms with Crippen molar-refractivity contribution in [2.75, 3.05) is 45.8 Å². The number of aliphatic hydroxyl groups is 1. The van der Waals surface area contributed by atoms with E-state index in [0.717, 1.165) is 0 Å². The third-order valence-corrected chi connectivity index (χ3v) is 3.44. The zero-order chi connectivity index (χ0) is 13.1. The summed E-state index contributed by atoms with van der Waals surface area (Å²) in [7, 11) is 0. The van der Waals surface area contributed by atoms with Gasteiger partial charge in [-0.15, -0.1) is 0 Å². The fraction of sp³-hybridized carbons (Fsp3) is 0.818. The summed E-state index contributed by atoms with van der Waals surface area (Å²) in [5.74, 6) is -0.836. The number of carbonyl (C=O) groups is 2. The molecule has 0 aromatic rings. The van der Waals surface area contributed by atoms with Gasteiger partial charge in [-0.2, -0.15) is 0 Å². The van der Waals surface area contributed by atoms with Gasteiger partial charge in [-0.25, -0.2) is 4.79 Å². The van der Waals surface area contributed by atoms with Crippen LogP contribution in [-0.2, 0) is 4.79 Å². The minimum atomic E-state index is -0.836. The van der Waals surface area contributed by atoms with Crippen molar-refractivity contribution >= 4 is 12.0 Å². The molecule has 0 bridgehead atoms. The normalized spacial score (nSPS) is 25.5. The number of hydrogen-bond acceptors (Lipinski definition) is 4. The second-order valence-corrected chi connectivity index (χ2v) is 4.83. The van der Waals surface area contributed by atoms with Gasteiger partial charge in [0.05, 0.1) is 12.6 Å². The van der Waals surface area contributed by atoms with E-state index in [1.165, 1.54) is 0 Å². The molecule has 2 aliphatic rings. The van der Waals surface area contributed by atoms with Gasteiger partial charge < -0.3 is 20.0 Å². The van der Waals surface area contributed by atoms with Crippen LogP contribution in [0.15, 0.2) is 0 Å². The second kappa shape index (κ2) is 5.53. The van der Waals surface area contributed by atoms with E-state index < -0.39 is 12.1 Å². The van der Waals surface area contributed by atoms with Crippen molar-refractivity contribution in [3.8, 4) is 0 Å². The Morgan fingerprint density at radius 3 is 2.22 bits per heavy atom. The molecule has 0 spiro atoms. The third-order valence-electron chi connectivity index (χ3n) is 3.44. The summed E-state index contributed by atoms with van der Waals surface area (Å²) < 4.78 is 0. The van der Waals surface area contributed by atoms with Crippen LogP contribution in [0, 0.1) is 0 Å². The van der Waals surface area contributed by atoms with Crippen LogP contribution in [0.2, 0.25) is 0 Å². The van der Waals surface area contributed by atoms with E-state index in [1.807, 2.05) is 4.90 Å². The van der Waals surface area contributed by atoms with E-state index in [4.69, 9.17) is 5.11 Å². The molecule has 0 saturated carbocycles. The topological polar surface area (TPSA) is 84.3 Å². The molecule has 1 unspecified atom stereocenters. The van der Waals surface area contributed by atoms with Crippen LogP contribution in [0.3, 0.4) is 0 Å². The van der Waals surface area contributed by atoms with Crippen molar-refractivity contribution in [1.29, 1.82) is 0 Å². The van der Waals surface area contributed by atoms with Crippen LogP contribution in [0.25, 0.3) is 0 Å². The molecule has 7 nitrogen and oxygen atoms in total. The van der Waals surface area contributed by atoms with Gasteiger partial charge in [0.15, 0.2) is 0 Å².